The molecule has 1 saturated heterocycles. The molecule has 0 radical (unpaired) electrons. The molecule has 2 N–H and O–H groups in total. The first kappa shape index (κ1) is 21.8. The van der Waals surface area contributed by atoms with Gasteiger partial charge in [0.2, 0.25) is 5.91 Å². The van der Waals surface area contributed by atoms with Crippen molar-refractivity contribution in [1.29, 1.82) is 0 Å². The number of carbonyl (C=O) groups is 1. The van der Waals surface area contributed by atoms with Gasteiger partial charge in [-0.3, -0.25) is 9.78 Å². The van der Waals surface area contributed by atoms with Crippen molar-refractivity contribution in [3.05, 3.63) is 78.0 Å². The fourth-order valence-corrected chi connectivity index (χ4v) is 4.16. The zero-order valence-corrected chi connectivity index (χ0v) is 18.6. The molecule has 2 aromatic carbocycles. The molecule has 1 aliphatic rings. The molecule has 166 valence electrons. The number of pyridine rings is 1. The van der Waals surface area contributed by atoms with E-state index in [-0.39, 0.29) is 5.91 Å². The molecule has 1 aliphatic heterocycles. The summed E-state index contributed by atoms with van der Waals surface area (Å²) in [6, 6.07) is 20.5. The zero-order chi connectivity index (χ0) is 22.2. The first-order valence-corrected chi connectivity index (χ1v) is 11.4. The van der Waals surface area contributed by atoms with Gasteiger partial charge in [-0.2, -0.15) is 0 Å². The molecule has 1 fully saturated rings. The van der Waals surface area contributed by atoms with Gasteiger partial charge >= 0.3 is 0 Å². The van der Waals surface area contributed by atoms with Crippen LogP contribution in [0.1, 0.15) is 24.5 Å². The van der Waals surface area contributed by atoms with Crippen molar-refractivity contribution < 1.29 is 4.79 Å². The number of hydrogen-bond donors (Lipinski definition) is 2. The van der Waals surface area contributed by atoms with Crippen LogP contribution < -0.4 is 10.6 Å². The Labute approximate surface area is 189 Å². The normalized spacial score (nSPS) is 16.5. The van der Waals surface area contributed by atoms with Crippen LogP contribution in [0.25, 0.3) is 10.9 Å². The van der Waals surface area contributed by atoms with Gasteiger partial charge in [0.25, 0.3) is 0 Å². The van der Waals surface area contributed by atoms with Crippen LogP contribution in [0.4, 0.5) is 0 Å². The third-order valence-corrected chi connectivity index (χ3v) is 5.83. The molecule has 1 unspecified atom stereocenters. The average molecular weight is 430 g/mol. The summed E-state index contributed by atoms with van der Waals surface area (Å²) < 4.78 is 0. The van der Waals surface area contributed by atoms with Crippen LogP contribution in [0, 0.1) is 5.92 Å². The number of amides is 1. The second kappa shape index (κ2) is 10.8. The van der Waals surface area contributed by atoms with E-state index in [0.717, 1.165) is 55.0 Å². The number of nitrogens with one attached hydrogen (secondary N) is 2. The molecule has 32 heavy (non-hydrogen) atoms. The van der Waals surface area contributed by atoms with Crippen LogP contribution in [-0.2, 0) is 17.8 Å². The highest BCUT2D eigenvalue weighted by molar-refractivity contribution is 5.83. The van der Waals surface area contributed by atoms with Crippen molar-refractivity contribution in [3.8, 4) is 0 Å². The molecule has 6 nitrogen and oxygen atoms in total. The quantitative estimate of drug-likeness (QED) is 0.425. The van der Waals surface area contributed by atoms with E-state index in [0.29, 0.717) is 18.9 Å². The topological polar surface area (TPSA) is 69.6 Å². The lowest BCUT2D eigenvalue weighted by Gasteiger charge is -2.18. The monoisotopic (exact) mass is 429 g/mol. The molecule has 1 atom stereocenters. The molecular weight excluding hydrogens is 398 g/mol. The van der Waals surface area contributed by atoms with Gasteiger partial charge in [-0.25, -0.2) is 4.99 Å². The number of guanidine groups is 1. The fourth-order valence-electron chi connectivity index (χ4n) is 4.16. The standard InChI is InChI=1S/C26H31N5O/c1-2-27-26(30-18-23-11-6-10-22-12-7-14-28-25(22)23)29-17-21-16-24(32)31(19-21)15-13-20-8-4-3-5-9-20/h3-12,14,21H,2,13,15-19H2,1H3,(H2,27,29,30). The minimum Gasteiger partial charge on any atom is -0.357 e. The highest BCUT2D eigenvalue weighted by Crippen LogP contribution is 2.18. The van der Waals surface area contributed by atoms with Gasteiger partial charge in [0, 0.05) is 50.1 Å². The van der Waals surface area contributed by atoms with Crippen molar-refractivity contribution in [2.24, 2.45) is 10.9 Å². The summed E-state index contributed by atoms with van der Waals surface area (Å²) in [6.07, 6.45) is 3.31. The van der Waals surface area contributed by atoms with Crippen molar-refractivity contribution in [1.82, 2.24) is 20.5 Å². The van der Waals surface area contributed by atoms with Crippen LogP contribution >= 0.6 is 0 Å². The largest absolute Gasteiger partial charge is 0.357 e. The van der Waals surface area contributed by atoms with Crippen molar-refractivity contribution in [2.45, 2.75) is 26.3 Å². The Hall–Kier alpha value is -3.41. The zero-order valence-electron chi connectivity index (χ0n) is 18.6. The number of aliphatic imine (C=N–C) groups is 1. The second-order valence-corrected chi connectivity index (χ2v) is 8.21. The first-order chi connectivity index (χ1) is 15.7. The first-order valence-electron chi connectivity index (χ1n) is 11.4. The number of carbonyl (C=O) groups excluding carboxylic acids is 1. The highest BCUT2D eigenvalue weighted by atomic mass is 16.2. The SMILES string of the molecule is CCNC(=NCc1cccc2cccnc12)NCC1CC(=O)N(CCc2ccccc2)C1. The summed E-state index contributed by atoms with van der Waals surface area (Å²) >= 11 is 0. The summed E-state index contributed by atoms with van der Waals surface area (Å²) in [4.78, 5) is 23.7. The number of benzene rings is 2. The molecule has 0 aliphatic carbocycles. The summed E-state index contributed by atoms with van der Waals surface area (Å²) in [5.74, 6) is 1.31. The molecule has 3 aromatic rings. The van der Waals surface area contributed by atoms with Gasteiger partial charge in [0.15, 0.2) is 5.96 Å². The van der Waals surface area contributed by atoms with Gasteiger partial charge in [-0.15, -0.1) is 0 Å². The van der Waals surface area contributed by atoms with E-state index >= 15 is 0 Å². The predicted octanol–water partition coefficient (Wildman–Crippen LogP) is 3.38. The molecule has 0 spiro atoms. The second-order valence-electron chi connectivity index (χ2n) is 8.21. The van der Waals surface area contributed by atoms with Gasteiger partial charge in [0.1, 0.15) is 0 Å². The van der Waals surface area contributed by atoms with Crippen molar-refractivity contribution in [2.75, 3.05) is 26.2 Å². The molecule has 0 bridgehead atoms. The van der Waals surface area contributed by atoms with E-state index < -0.39 is 0 Å². The smallest absolute Gasteiger partial charge is 0.223 e. The molecular formula is C26H31N5O. The summed E-state index contributed by atoms with van der Waals surface area (Å²) in [6.45, 7) is 5.70. The molecule has 1 amide bonds. The fraction of sp³-hybridized carbons (Fsp3) is 0.346. The predicted molar refractivity (Wildman–Crippen MR) is 129 cm³/mol. The van der Waals surface area contributed by atoms with Crippen LogP contribution in [0.2, 0.25) is 0 Å². The van der Waals surface area contributed by atoms with E-state index in [1.165, 1.54) is 5.56 Å². The maximum atomic E-state index is 12.5. The Morgan fingerprint density at radius 2 is 1.94 bits per heavy atom. The maximum absolute atomic E-state index is 12.5. The Morgan fingerprint density at radius 3 is 2.78 bits per heavy atom. The number of rotatable bonds is 8. The maximum Gasteiger partial charge on any atom is 0.223 e. The molecule has 0 saturated carbocycles. The van der Waals surface area contributed by atoms with Crippen molar-refractivity contribution in [3.63, 3.8) is 0 Å². The summed E-state index contributed by atoms with van der Waals surface area (Å²) in [5.41, 5.74) is 3.36. The Bertz CT molecular complexity index is 1060. The lowest BCUT2D eigenvalue weighted by molar-refractivity contribution is -0.127. The number of hydrogen-bond acceptors (Lipinski definition) is 3. The average Bonchev–Trinajstić information content (AvgIpc) is 3.19. The van der Waals surface area contributed by atoms with E-state index in [2.05, 4.69) is 52.9 Å². The van der Waals surface area contributed by atoms with E-state index in [1.807, 2.05) is 41.4 Å². The third-order valence-electron chi connectivity index (χ3n) is 5.83. The minimum atomic E-state index is 0.247. The van der Waals surface area contributed by atoms with Crippen molar-refractivity contribution >= 4 is 22.8 Å². The molecule has 4 rings (SSSR count). The van der Waals surface area contributed by atoms with E-state index in [9.17, 15) is 4.79 Å². The van der Waals surface area contributed by atoms with Gasteiger partial charge in [0.05, 0.1) is 12.1 Å². The number of para-hydroxylation sites is 1. The van der Waals surface area contributed by atoms with Crippen LogP contribution in [0.5, 0.6) is 0 Å². The Morgan fingerprint density at radius 1 is 1.09 bits per heavy atom. The summed E-state index contributed by atoms with van der Waals surface area (Å²) in [5, 5.41) is 7.87. The minimum absolute atomic E-state index is 0.247. The Balaban J connectivity index is 1.32. The summed E-state index contributed by atoms with van der Waals surface area (Å²) in [7, 11) is 0. The van der Waals surface area contributed by atoms with E-state index in [1.54, 1.807) is 0 Å². The van der Waals surface area contributed by atoms with Crippen LogP contribution in [0.15, 0.2) is 71.9 Å². The number of aromatic nitrogens is 1. The number of likely N-dealkylation sites (tertiary alicyclic amines) is 1. The van der Waals surface area contributed by atoms with Gasteiger partial charge in [-0.05, 0) is 30.5 Å². The third kappa shape index (κ3) is 5.63. The number of fused-ring (bicyclic) bond motifs is 1. The van der Waals surface area contributed by atoms with Crippen LogP contribution in [0.3, 0.4) is 0 Å². The number of nitrogens with zero attached hydrogens (tertiary/aromatic N) is 3. The van der Waals surface area contributed by atoms with Gasteiger partial charge in [-0.1, -0.05) is 54.6 Å². The lowest BCUT2D eigenvalue weighted by Crippen LogP contribution is -2.40. The van der Waals surface area contributed by atoms with Crippen LogP contribution in [-0.4, -0.2) is 47.9 Å². The molecule has 1 aromatic heterocycles. The lowest BCUT2D eigenvalue weighted by atomic mass is 10.1. The highest BCUT2D eigenvalue weighted by Gasteiger charge is 2.29. The van der Waals surface area contributed by atoms with E-state index in [4.69, 9.17) is 4.99 Å². The Kier molecular flexibility index (Phi) is 7.33. The van der Waals surface area contributed by atoms with Gasteiger partial charge < -0.3 is 15.5 Å². The molecule has 2 heterocycles. The molecule has 6 heteroatoms.